The largest absolute Gasteiger partial charge is 0.299 e. The number of rotatable bonds is 2. The van der Waals surface area contributed by atoms with Crippen LogP contribution in [0.25, 0.3) is 0 Å². The van der Waals surface area contributed by atoms with Crippen LogP contribution in [0.15, 0.2) is 35.4 Å². The van der Waals surface area contributed by atoms with Crippen LogP contribution in [-0.2, 0) is 4.79 Å². The summed E-state index contributed by atoms with van der Waals surface area (Å²) < 4.78 is 0. The molecule has 1 aromatic rings. The monoisotopic (exact) mass is 270 g/mol. The third-order valence-corrected chi connectivity index (χ3v) is 5.69. The van der Waals surface area contributed by atoms with Gasteiger partial charge in [-0.25, -0.2) is 0 Å². The maximum absolute atomic E-state index is 12.3. The van der Waals surface area contributed by atoms with Gasteiger partial charge in [0.1, 0.15) is 5.78 Å². The van der Waals surface area contributed by atoms with Crippen LogP contribution in [0.5, 0.6) is 0 Å². The van der Waals surface area contributed by atoms with Crippen molar-refractivity contribution in [2.45, 2.75) is 40.0 Å². The number of ketones is 1. The minimum atomic E-state index is 0.0134. The summed E-state index contributed by atoms with van der Waals surface area (Å²) in [5.74, 6) is 0.571. The molecule has 0 aromatic heterocycles. The molecule has 0 spiro atoms. The topological polar surface area (TPSA) is 41.5 Å². The van der Waals surface area contributed by atoms with Crippen LogP contribution < -0.4 is 5.43 Å². The number of carbonyl (C=O) groups is 1. The summed E-state index contributed by atoms with van der Waals surface area (Å²) in [5, 5.41) is 4.60. The highest BCUT2D eigenvalue weighted by Gasteiger charge is 2.59. The normalized spacial score (nSPS) is 33.5. The molecule has 0 amide bonds. The highest BCUT2D eigenvalue weighted by atomic mass is 16.1. The lowest BCUT2D eigenvalue weighted by molar-refractivity contribution is -0.126. The summed E-state index contributed by atoms with van der Waals surface area (Å²) in [6.07, 6.45) is 2.57. The Hall–Kier alpha value is -1.64. The van der Waals surface area contributed by atoms with E-state index < -0.39 is 0 Å². The van der Waals surface area contributed by atoms with Gasteiger partial charge in [0.05, 0.1) is 11.4 Å². The van der Waals surface area contributed by atoms with E-state index in [-0.39, 0.29) is 16.7 Å². The quantitative estimate of drug-likeness (QED) is 0.829. The van der Waals surface area contributed by atoms with Crippen molar-refractivity contribution in [2.75, 3.05) is 5.43 Å². The maximum Gasteiger partial charge on any atom is 0.142 e. The minimum absolute atomic E-state index is 0.0134. The van der Waals surface area contributed by atoms with Gasteiger partial charge in [0.2, 0.25) is 0 Å². The van der Waals surface area contributed by atoms with Crippen molar-refractivity contribution in [1.29, 1.82) is 0 Å². The molecule has 20 heavy (non-hydrogen) atoms. The van der Waals surface area contributed by atoms with Crippen LogP contribution in [-0.4, -0.2) is 11.5 Å². The van der Waals surface area contributed by atoms with Crippen LogP contribution in [0.2, 0.25) is 0 Å². The number of hydrazone groups is 1. The average Bonchev–Trinajstić information content (AvgIpc) is 2.58. The zero-order valence-electron chi connectivity index (χ0n) is 12.4. The van der Waals surface area contributed by atoms with E-state index >= 15 is 0 Å². The SMILES string of the molecule is CC1(C)[C@H]2CC[C@]1(C)/C(=N\Nc1ccccc1)CC2=O. The molecule has 1 aromatic carbocycles. The molecule has 0 radical (unpaired) electrons. The molecule has 2 aliphatic rings. The number of hydrogen-bond donors (Lipinski definition) is 1. The summed E-state index contributed by atoms with van der Waals surface area (Å²) in [4.78, 5) is 12.3. The van der Waals surface area contributed by atoms with Gasteiger partial charge in [-0.2, -0.15) is 5.10 Å². The van der Waals surface area contributed by atoms with Crippen molar-refractivity contribution in [3.05, 3.63) is 30.3 Å². The van der Waals surface area contributed by atoms with Crippen LogP contribution >= 0.6 is 0 Å². The van der Waals surface area contributed by atoms with Crippen LogP contribution in [0.1, 0.15) is 40.0 Å². The molecule has 0 heterocycles. The lowest BCUT2D eigenvalue weighted by atomic mass is 9.58. The highest BCUT2D eigenvalue weighted by molar-refractivity contribution is 6.10. The number of nitrogens with zero attached hydrogens (tertiary/aromatic N) is 1. The zero-order valence-corrected chi connectivity index (χ0v) is 12.4. The first-order valence-electron chi connectivity index (χ1n) is 7.36. The molecule has 3 nitrogen and oxygen atoms in total. The molecule has 2 aliphatic carbocycles. The van der Waals surface area contributed by atoms with Gasteiger partial charge in [0, 0.05) is 17.8 Å². The van der Waals surface area contributed by atoms with E-state index in [1.165, 1.54) is 0 Å². The smallest absolute Gasteiger partial charge is 0.142 e. The maximum atomic E-state index is 12.3. The van der Waals surface area contributed by atoms with Crippen molar-refractivity contribution in [1.82, 2.24) is 0 Å². The van der Waals surface area contributed by atoms with E-state index in [9.17, 15) is 4.79 Å². The molecule has 0 unspecified atom stereocenters. The second kappa shape index (κ2) is 4.44. The molecule has 0 aliphatic heterocycles. The Labute approximate surface area is 120 Å². The number of benzene rings is 1. The van der Waals surface area contributed by atoms with Gasteiger partial charge in [-0.1, -0.05) is 39.0 Å². The molecule has 106 valence electrons. The van der Waals surface area contributed by atoms with E-state index in [1.807, 2.05) is 30.3 Å². The van der Waals surface area contributed by atoms with Crippen molar-refractivity contribution in [2.24, 2.45) is 21.8 Å². The van der Waals surface area contributed by atoms with E-state index in [0.29, 0.717) is 12.2 Å². The number of nitrogens with one attached hydrogen (secondary N) is 1. The third-order valence-electron chi connectivity index (χ3n) is 5.69. The zero-order chi connectivity index (χ0) is 14.4. The molecule has 3 heteroatoms. The minimum Gasteiger partial charge on any atom is -0.299 e. The second-order valence-corrected chi connectivity index (χ2v) is 6.82. The first-order valence-corrected chi connectivity index (χ1v) is 7.36. The molecular weight excluding hydrogens is 248 g/mol. The Morgan fingerprint density at radius 3 is 2.60 bits per heavy atom. The average molecular weight is 270 g/mol. The van der Waals surface area contributed by atoms with Gasteiger partial charge < -0.3 is 0 Å². The van der Waals surface area contributed by atoms with Crippen molar-refractivity contribution in [3.63, 3.8) is 0 Å². The highest BCUT2D eigenvalue weighted by Crippen LogP contribution is 2.60. The first kappa shape index (κ1) is 13.3. The van der Waals surface area contributed by atoms with Crippen LogP contribution in [0.3, 0.4) is 0 Å². The predicted octanol–water partition coefficient (Wildman–Crippen LogP) is 3.87. The number of para-hydroxylation sites is 1. The van der Waals surface area contributed by atoms with Gasteiger partial charge >= 0.3 is 0 Å². The third kappa shape index (κ3) is 1.80. The Morgan fingerprint density at radius 1 is 1.20 bits per heavy atom. The lowest BCUT2D eigenvalue weighted by Crippen LogP contribution is -2.48. The molecular formula is C17H22N2O. The van der Waals surface area contributed by atoms with E-state index in [4.69, 9.17) is 0 Å². The fourth-order valence-corrected chi connectivity index (χ4v) is 3.87. The summed E-state index contributed by atoms with van der Waals surface area (Å²) in [7, 11) is 0. The fraction of sp³-hybridized carbons (Fsp3) is 0.529. The molecule has 2 fully saturated rings. The number of hydrogen-bond acceptors (Lipinski definition) is 3. The molecule has 0 saturated heterocycles. The summed E-state index contributed by atoms with van der Waals surface area (Å²) >= 11 is 0. The number of anilines is 1. The first-order chi connectivity index (χ1) is 9.45. The molecule has 2 saturated carbocycles. The van der Waals surface area contributed by atoms with Gasteiger partial charge in [0.25, 0.3) is 0 Å². The summed E-state index contributed by atoms with van der Waals surface area (Å²) in [5.41, 5.74) is 5.15. The standard InChI is InChI=1S/C17H22N2O/c1-16(2)13-9-10-17(16,3)15(11-14(13)20)19-18-12-7-5-4-6-8-12/h4-8,13,18H,9-11H2,1-3H3/b19-15-/t13-,17+/m0/s1. The molecule has 2 bridgehead atoms. The van der Waals surface area contributed by atoms with Crippen LogP contribution in [0.4, 0.5) is 5.69 Å². The van der Waals surface area contributed by atoms with Gasteiger partial charge in [-0.15, -0.1) is 0 Å². The number of carbonyl (C=O) groups excluding carboxylic acids is 1. The lowest BCUT2D eigenvalue weighted by Gasteiger charge is -2.45. The Bertz CT molecular complexity index is 562. The van der Waals surface area contributed by atoms with E-state index in [2.05, 4.69) is 31.3 Å². The van der Waals surface area contributed by atoms with Gasteiger partial charge in [-0.3, -0.25) is 10.2 Å². The summed E-state index contributed by atoms with van der Waals surface area (Å²) in [6.45, 7) is 6.71. The fourth-order valence-electron chi connectivity index (χ4n) is 3.87. The van der Waals surface area contributed by atoms with Crippen molar-refractivity contribution in [3.8, 4) is 0 Å². The molecule has 2 atom stereocenters. The Morgan fingerprint density at radius 2 is 1.90 bits per heavy atom. The predicted molar refractivity (Wildman–Crippen MR) is 81.7 cm³/mol. The van der Waals surface area contributed by atoms with E-state index in [1.54, 1.807) is 0 Å². The molecule has 1 N–H and O–H groups in total. The van der Waals surface area contributed by atoms with Gasteiger partial charge in [0.15, 0.2) is 0 Å². The second-order valence-electron chi connectivity index (χ2n) is 6.82. The van der Waals surface area contributed by atoms with Crippen molar-refractivity contribution < 1.29 is 4.79 Å². The number of fused-ring (bicyclic) bond motifs is 2. The van der Waals surface area contributed by atoms with E-state index in [0.717, 1.165) is 24.2 Å². The Kier molecular flexibility index (Phi) is 2.96. The Balaban J connectivity index is 1.91. The van der Waals surface area contributed by atoms with Crippen LogP contribution in [0, 0.1) is 16.7 Å². The van der Waals surface area contributed by atoms with Gasteiger partial charge in [-0.05, 0) is 30.4 Å². The van der Waals surface area contributed by atoms with Crippen molar-refractivity contribution >= 4 is 17.2 Å². The number of Topliss-reactive ketones (excluding diaryl/α,β-unsaturated/α-hetero) is 1. The summed E-state index contributed by atoms with van der Waals surface area (Å²) in [6, 6.07) is 9.91. The molecule has 3 rings (SSSR count).